The first kappa shape index (κ1) is 16.2. The number of β-amino-alcohol motifs (C(OH)–C–C–N with tert-alkyl or cyclic N) is 1. The van der Waals surface area contributed by atoms with Gasteiger partial charge in [-0.3, -0.25) is 14.6 Å². The number of aliphatic hydroxyl groups is 1. The highest BCUT2D eigenvalue weighted by Gasteiger charge is 2.34. The second-order valence-electron chi connectivity index (χ2n) is 6.09. The Morgan fingerprint density at radius 1 is 1.22 bits per heavy atom. The van der Waals surface area contributed by atoms with Gasteiger partial charge >= 0.3 is 5.97 Å². The molecule has 1 aromatic carbocycles. The van der Waals surface area contributed by atoms with Crippen molar-refractivity contribution in [1.82, 2.24) is 9.80 Å². The van der Waals surface area contributed by atoms with E-state index in [-0.39, 0.29) is 12.0 Å². The molecule has 0 radical (unpaired) electrons. The molecule has 3 rings (SSSR count). The summed E-state index contributed by atoms with van der Waals surface area (Å²) in [6.45, 7) is 4.81. The number of carbonyl (C=O) groups is 1. The van der Waals surface area contributed by atoms with Crippen LogP contribution in [0.1, 0.15) is 6.42 Å². The van der Waals surface area contributed by atoms with E-state index in [9.17, 15) is 9.90 Å². The third-order valence-corrected chi connectivity index (χ3v) is 4.41. The van der Waals surface area contributed by atoms with Crippen LogP contribution in [0.3, 0.4) is 0 Å². The van der Waals surface area contributed by atoms with Crippen LogP contribution in [-0.4, -0.2) is 79.0 Å². The van der Waals surface area contributed by atoms with Crippen molar-refractivity contribution in [3.05, 3.63) is 30.3 Å². The van der Waals surface area contributed by atoms with Crippen LogP contribution >= 0.6 is 0 Å². The lowest BCUT2D eigenvalue weighted by atomic mass is 10.1. The third-order valence-electron chi connectivity index (χ3n) is 4.41. The van der Waals surface area contributed by atoms with E-state index in [1.54, 1.807) is 0 Å². The van der Waals surface area contributed by atoms with Gasteiger partial charge in [0, 0.05) is 39.1 Å². The molecule has 0 aliphatic carbocycles. The Hall–Kier alpha value is -1.63. The van der Waals surface area contributed by atoms with Crippen LogP contribution in [-0.2, 0) is 9.53 Å². The highest BCUT2D eigenvalue weighted by atomic mass is 16.5. The van der Waals surface area contributed by atoms with E-state index in [4.69, 9.17) is 9.47 Å². The molecule has 1 aromatic rings. The zero-order chi connectivity index (χ0) is 16.1. The van der Waals surface area contributed by atoms with Crippen molar-refractivity contribution >= 4 is 5.97 Å². The van der Waals surface area contributed by atoms with Crippen molar-refractivity contribution in [2.75, 3.05) is 45.9 Å². The Kier molecular flexibility index (Phi) is 5.48. The quantitative estimate of drug-likeness (QED) is 0.764. The number of piperazine rings is 1. The molecule has 0 spiro atoms. The number of hydrogen-bond donors (Lipinski definition) is 1. The molecule has 0 amide bonds. The van der Waals surface area contributed by atoms with E-state index < -0.39 is 6.10 Å². The predicted molar refractivity (Wildman–Crippen MR) is 85.3 cm³/mol. The molecule has 0 bridgehead atoms. The average Bonchev–Trinajstić information content (AvgIpc) is 3.01. The number of cyclic esters (lactones) is 1. The summed E-state index contributed by atoms with van der Waals surface area (Å²) >= 11 is 0. The largest absolute Gasteiger partial charge is 0.491 e. The summed E-state index contributed by atoms with van der Waals surface area (Å²) in [6, 6.07) is 9.45. The first-order valence-electron chi connectivity index (χ1n) is 8.21. The summed E-state index contributed by atoms with van der Waals surface area (Å²) in [5, 5.41) is 10.1. The van der Waals surface area contributed by atoms with Crippen molar-refractivity contribution in [2.45, 2.75) is 18.6 Å². The number of rotatable bonds is 6. The van der Waals surface area contributed by atoms with Crippen LogP contribution in [0.15, 0.2) is 30.3 Å². The van der Waals surface area contributed by atoms with Crippen molar-refractivity contribution in [3.8, 4) is 5.75 Å². The minimum absolute atomic E-state index is 0.0662. The molecule has 2 aliphatic rings. The first-order chi connectivity index (χ1) is 11.2. The van der Waals surface area contributed by atoms with Crippen LogP contribution < -0.4 is 4.74 Å². The second-order valence-corrected chi connectivity index (χ2v) is 6.09. The molecular weight excluding hydrogens is 296 g/mol. The molecule has 1 N–H and O–H groups in total. The molecule has 0 aromatic heterocycles. The van der Waals surface area contributed by atoms with E-state index in [0.717, 1.165) is 38.3 Å². The van der Waals surface area contributed by atoms with E-state index in [0.29, 0.717) is 19.8 Å². The van der Waals surface area contributed by atoms with Crippen LogP contribution in [0.25, 0.3) is 0 Å². The molecule has 2 saturated heterocycles. The molecule has 6 nitrogen and oxygen atoms in total. The van der Waals surface area contributed by atoms with Gasteiger partial charge in [0.1, 0.15) is 24.5 Å². The normalized spacial score (nSPS) is 24.4. The van der Waals surface area contributed by atoms with Crippen molar-refractivity contribution in [2.24, 2.45) is 0 Å². The van der Waals surface area contributed by atoms with E-state index in [2.05, 4.69) is 9.80 Å². The molecule has 2 atom stereocenters. The molecular formula is C17H24N2O4. The molecule has 2 aliphatic heterocycles. The van der Waals surface area contributed by atoms with E-state index in [1.165, 1.54) is 0 Å². The van der Waals surface area contributed by atoms with Crippen molar-refractivity contribution < 1.29 is 19.4 Å². The number of para-hydroxylation sites is 1. The van der Waals surface area contributed by atoms with Gasteiger partial charge in [0.25, 0.3) is 0 Å². The molecule has 2 heterocycles. The Morgan fingerprint density at radius 2 is 1.96 bits per heavy atom. The zero-order valence-corrected chi connectivity index (χ0v) is 13.3. The number of nitrogens with zero attached hydrogens (tertiary/aromatic N) is 2. The first-order valence-corrected chi connectivity index (χ1v) is 8.21. The van der Waals surface area contributed by atoms with Crippen LogP contribution in [0, 0.1) is 0 Å². The van der Waals surface area contributed by atoms with Crippen LogP contribution in [0.4, 0.5) is 0 Å². The molecule has 126 valence electrons. The maximum Gasteiger partial charge on any atom is 0.323 e. The topological polar surface area (TPSA) is 62.2 Å². The number of carbonyl (C=O) groups excluding carboxylic acids is 1. The number of esters is 1. The monoisotopic (exact) mass is 320 g/mol. The van der Waals surface area contributed by atoms with Gasteiger partial charge in [0.15, 0.2) is 0 Å². The van der Waals surface area contributed by atoms with Gasteiger partial charge < -0.3 is 14.6 Å². The lowest BCUT2D eigenvalue weighted by Gasteiger charge is -2.37. The number of aliphatic hydroxyl groups excluding tert-OH is 1. The SMILES string of the molecule is O=C1OCC[C@H]1N1CCN(C[C@@H](O)COc2ccccc2)CC1. The fraction of sp³-hybridized carbons (Fsp3) is 0.588. The molecule has 6 heteroatoms. The highest BCUT2D eigenvalue weighted by Crippen LogP contribution is 2.16. The Morgan fingerprint density at radius 3 is 2.61 bits per heavy atom. The average molecular weight is 320 g/mol. The summed E-state index contributed by atoms with van der Waals surface area (Å²) in [5.41, 5.74) is 0. The van der Waals surface area contributed by atoms with Gasteiger partial charge in [-0.1, -0.05) is 18.2 Å². The van der Waals surface area contributed by atoms with Gasteiger partial charge in [-0.25, -0.2) is 0 Å². The van der Waals surface area contributed by atoms with E-state index in [1.807, 2.05) is 30.3 Å². The summed E-state index contributed by atoms with van der Waals surface area (Å²) < 4.78 is 10.6. The maximum atomic E-state index is 11.6. The van der Waals surface area contributed by atoms with Gasteiger partial charge in [-0.15, -0.1) is 0 Å². The van der Waals surface area contributed by atoms with E-state index >= 15 is 0 Å². The lowest BCUT2D eigenvalue weighted by Crippen LogP contribution is -2.53. The predicted octanol–water partition coefficient (Wildman–Crippen LogP) is 0.359. The van der Waals surface area contributed by atoms with Crippen LogP contribution in [0.5, 0.6) is 5.75 Å². The van der Waals surface area contributed by atoms with Crippen molar-refractivity contribution in [3.63, 3.8) is 0 Å². The molecule has 23 heavy (non-hydrogen) atoms. The lowest BCUT2D eigenvalue weighted by molar-refractivity contribution is -0.142. The van der Waals surface area contributed by atoms with Gasteiger partial charge in [0.2, 0.25) is 0 Å². The smallest absolute Gasteiger partial charge is 0.323 e. The number of ether oxygens (including phenoxy) is 2. The summed E-state index contributed by atoms with van der Waals surface area (Å²) in [4.78, 5) is 16.0. The summed E-state index contributed by atoms with van der Waals surface area (Å²) in [5.74, 6) is 0.686. The van der Waals surface area contributed by atoms with Crippen LogP contribution in [0.2, 0.25) is 0 Å². The zero-order valence-electron chi connectivity index (χ0n) is 13.3. The van der Waals surface area contributed by atoms with Gasteiger partial charge in [0.05, 0.1) is 6.61 Å². The highest BCUT2D eigenvalue weighted by molar-refractivity contribution is 5.77. The Balaban J connectivity index is 1.37. The standard InChI is InChI=1S/C17H24N2O4/c20-14(13-23-15-4-2-1-3-5-15)12-18-7-9-19(10-8-18)16-6-11-22-17(16)21/h1-5,14,16,20H,6-13H2/t14-,16-/m1/s1. The second kappa shape index (κ2) is 7.77. The third kappa shape index (κ3) is 4.43. The number of hydrogen-bond acceptors (Lipinski definition) is 6. The molecule has 0 unspecified atom stereocenters. The summed E-state index contributed by atoms with van der Waals surface area (Å²) in [7, 11) is 0. The molecule has 2 fully saturated rings. The Bertz CT molecular complexity index is 503. The molecule has 0 saturated carbocycles. The van der Waals surface area contributed by atoms with Gasteiger partial charge in [-0.2, -0.15) is 0 Å². The maximum absolute atomic E-state index is 11.6. The fourth-order valence-electron chi connectivity index (χ4n) is 3.13. The van der Waals surface area contributed by atoms with Gasteiger partial charge in [-0.05, 0) is 12.1 Å². The number of benzene rings is 1. The summed E-state index contributed by atoms with van der Waals surface area (Å²) in [6.07, 6.45) is 0.282. The Labute approximate surface area is 136 Å². The van der Waals surface area contributed by atoms with Crippen molar-refractivity contribution in [1.29, 1.82) is 0 Å². The minimum atomic E-state index is -0.516. The minimum Gasteiger partial charge on any atom is -0.491 e. The fourth-order valence-corrected chi connectivity index (χ4v) is 3.13.